The summed E-state index contributed by atoms with van der Waals surface area (Å²) in [6.07, 6.45) is 6.25. The second-order valence-electron chi connectivity index (χ2n) is 12.9. The van der Waals surface area contributed by atoms with E-state index in [1.165, 1.54) is 16.0 Å². The number of rotatable bonds is 11. The zero-order chi connectivity index (χ0) is 29.9. The zero-order valence-electron chi connectivity index (χ0n) is 25.4. The Morgan fingerprint density at radius 2 is 1.59 bits per heavy atom. The molecule has 4 rings (SSSR count). The lowest BCUT2D eigenvalue weighted by Gasteiger charge is -2.30. The number of hydrogen-bond acceptors (Lipinski definition) is 4. The highest BCUT2D eigenvalue weighted by molar-refractivity contribution is 6.36. The van der Waals surface area contributed by atoms with Gasteiger partial charge in [0.25, 0.3) is 0 Å². The summed E-state index contributed by atoms with van der Waals surface area (Å²) in [6, 6.07) is 11.5. The Balaban J connectivity index is 1.37. The minimum Gasteiger partial charge on any atom is -0.493 e. The van der Waals surface area contributed by atoms with Gasteiger partial charge in [-0.05, 0) is 72.8 Å². The molecule has 3 amide bonds. The lowest BCUT2D eigenvalue weighted by molar-refractivity contribution is -0.122. The maximum Gasteiger partial charge on any atom is 0.237 e. The first-order valence-corrected chi connectivity index (χ1v) is 15.5. The van der Waals surface area contributed by atoms with Crippen molar-refractivity contribution in [1.82, 2.24) is 0 Å². The Labute approximate surface area is 250 Å². The van der Waals surface area contributed by atoms with E-state index in [1.807, 2.05) is 0 Å². The van der Waals surface area contributed by atoms with Crippen LogP contribution in [0, 0.1) is 11.8 Å². The first-order valence-electron chi connectivity index (χ1n) is 15.1. The number of ether oxygens (including phenoxy) is 1. The van der Waals surface area contributed by atoms with Gasteiger partial charge in [-0.1, -0.05) is 78.1 Å². The summed E-state index contributed by atoms with van der Waals surface area (Å²) >= 11 is 6.42. The average Bonchev–Trinajstić information content (AvgIpc) is 3.21. The Kier molecular flexibility index (Phi) is 9.52. The SMILES string of the molecule is CCC(C)(C)c1ccc(OCCCC(=O)Nc2ccc(Cl)c(N3C(=O)[C@H]4CCCC[C@@H]4C3=O)c2)c(C(C)(C)CC)c1. The number of carbonyl (C=O) groups is 3. The molecule has 0 bridgehead atoms. The van der Waals surface area contributed by atoms with Crippen molar-refractivity contribution < 1.29 is 19.1 Å². The van der Waals surface area contributed by atoms with Gasteiger partial charge in [-0.15, -0.1) is 0 Å². The van der Waals surface area contributed by atoms with Gasteiger partial charge >= 0.3 is 0 Å². The fourth-order valence-corrected chi connectivity index (χ4v) is 6.00. The van der Waals surface area contributed by atoms with Crippen LogP contribution < -0.4 is 15.0 Å². The number of benzene rings is 2. The van der Waals surface area contributed by atoms with Crippen molar-refractivity contribution in [3.63, 3.8) is 0 Å². The van der Waals surface area contributed by atoms with Gasteiger partial charge in [-0.25, -0.2) is 4.90 Å². The lowest BCUT2D eigenvalue weighted by atomic mass is 9.76. The number of fused-ring (bicyclic) bond motifs is 1. The van der Waals surface area contributed by atoms with E-state index in [-0.39, 0.29) is 46.8 Å². The highest BCUT2D eigenvalue weighted by atomic mass is 35.5. The average molecular weight is 581 g/mol. The van der Waals surface area contributed by atoms with Crippen molar-refractivity contribution in [1.29, 1.82) is 0 Å². The molecule has 7 heteroatoms. The van der Waals surface area contributed by atoms with Crippen LogP contribution in [-0.2, 0) is 25.2 Å². The van der Waals surface area contributed by atoms with Crippen LogP contribution in [-0.4, -0.2) is 24.3 Å². The molecule has 2 aromatic rings. The van der Waals surface area contributed by atoms with Gasteiger partial charge in [0.1, 0.15) is 5.75 Å². The zero-order valence-corrected chi connectivity index (χ0v) is 26.2. The third-order valence-corrected chi connectivity index (χ3v) is 9.70. The molecule has 2 fully saturated rings. The maximum absolute atomic E-state index is 13.1. The molecule has 2 atom stereocenters. The molecule has 1 heterocycles. The molecule has 0 spiro atoms. The van der Waals surface area contributed by atoms with Gasteiger partial charge in [0.15, 0.2) is 0 Å². The second kappa shape index (κ2) is 12.6. The molecule has 6 nitrogen and oxygen atoms in total. The molecule has 41 heavy (non-hydrogen) atoms. The summed E-state index contributed by atoms with van der Waals surface area (Å²) in [7, 11) is 0. The fourth-order valence-electron chi connectivity index (χ4n) is 5.80. The van der Waals surface area contributed by atoms with Gasteiger partial charge < -0.3 is 10.1 Å². The topological polar surface area (TPSA) is 75.7 Å². The summed E-state index contributed by atoms with van der Waals surface area (Å²) < 4.78 is 6.22. The van der Waals surface area contributed by atoms with Crippen LogP contribution in [0.25, 0.3) is 0 Å². The molecule has 2 aliphatic rings. The molecule has 1 aliphatic carbocycles. The van der Waals surface area contributed by atoms with Crippen LogP contribution in [0.3, 0.4) is 0 Å². The smallest absolute Gasteiger partial charge is 0.237 e. The Morgan fingerprint density at radius 1 is 0.951 bits per heavy atom. The highest BCUT2D eigenvalue weighted by Gasteiger charge is 2.49. The van der Waals surface area contributed by atoms with Crippen molar-refractivity contribution in [2.45, 2.75) is 104 Å². The Bertz CT molecular complexity index is 1280. The molecule has 1 saturated heterocycles. The minimum atomic E-state index is -0.261. The van der Waals surface area contributed by atoms with E-state index >= 15 is 0 Å². The van der Waals surface area contributed by atoms with Crippen molar-refractivity contribution in [2.75, 3.05) is 16.8 Å². The van der Waals surface area contributed by atoms with Gasteiger partial charge in [0.2, 0.25) is 17.7 Å². The van der Waals surface area contributed by atoms with E-state index in [2.05, 4.69) is 65.1 Å². The van der Waals surface area contributed by atoms with Crippen LogP contribution in [0.1, 0.15) is 104 Å². The largest absolute Gasteiger partial charge is 0.493 e. The molecular formula is C34H45ClN2O4. The van der Waals surface area contributed by atoms with E-state index < -0.39 is 0 Å². The van der Waals surface area contributed by atoms with E-state index in [4.69, 9.17) is 16.3 Å². The molecule has 1 saturated carbocycles. The summed E-state index contributed by atoms with van der Waals surface area (Å²) in [6.45, 7) is 13.8. The number of nitrogens with one attached hydrogen (secondary N) is 1. The standard InChI is InChI=1S/C34H45ClN2O4/c1-7-33(3,4)22-15-18-29(26(20-22)34(5,6)8-2)41-19-11-14-30(38)36-23-16-17-27(35)28(21-23)37-31(39)24-12-9-10-13-25(24)32(37)40/h15-18,20-21,24-25H,7-14,19H2,1-6H3,(H,36,38)/t24-,25-/m0/s1. The van der Waals surface area contributed by atoms with Crippen LogP contribution in [0.15, 0.2) is 36.4 Å². The number of imide groups is 1. The third kappa shape index (κ3) is 6.63. The Hall–Kier alpha value is -2.86. The van der Waals surface area contributed by atoms with E-state index in [9.17, 15) is 14.4 Å². The number of anilines is 2. The van der Waals surface area contributed by atoms with Crippen molar-refractivity contribution in [3.8, 4) is 5.75 Å². The van der Waals surface area contributed by atoms with Gasteiger partial charge in [-0.3, -0.25) is 14.4 Å². The monoisotopic (exact) mass is 580 g/mol. The van der Waals surface area contributed by atoms with E-state index in [0.717, 1.165) is 44.3 Å². The van der Waals surface area contributed by atoms with Crippen LogP contribution in [0.5, 0.6) is 5.75 Å². The third-order valence-electron chi connectivity index (χ3n) is 9.38. The second-order valence-corrected chi connectivity index (χ2v) is 13.3. The number of carbonyl (C=O) groups excluding carboxylic acids is 3. The molecule has 2 aromatic carbocycles. The van der Waals surface area contributed by atoms with Gasteiger partial charge in [-0.2, -0.15) is 0 Å². The normalized spacial score (nSPS) is 19.3. The molecule has 222 valence electrons. The Morgan fingerprint density at radius 3 is 2.20 bits per heavy atom. The molecule has 0 unspecified atom stereocenters. The first-order chi connectivity index (χ1) is 19.4. The minimum absolute atomic E-state index is 0.0330. The molecular weight excluding hydrogens is 536 g/mol. The van der Waals surface area contributed by atoms with Crippen LogP contribution >= 0.6 is 11.6 Å². The lowest BCUT2D eigenvalue weighted by Crippen LogP contribution is -2.31. The maximum atomic E-state index is 13.1. The van der Waals surface area contributed by atoms with Crippen molar-refractivity contribution in [3.05, 3.63) is 52.5 Å². The molecule has 0 aromatic heterocycles. The number of hydrogen-bond donors (Lipinski definition) is 1. The predicted molar refractivity (Wildman–Crippen MR) is 166 cm³/mol. The quantitative estimate of drug-likeness (QED) is 0.215. The predicted octanol–water partition coefficient (Wildman–Crippen LogP) is 8.19. The van der Waals surface area contributed by atoms with Crippen molar-refractivity contribution in [2.24, 2.45) is 11.8 Å². The number of nitrogens with zero attached hydrogens (tertiary/aromatic N) is 1. The van der Waals surface area contributed by atoms with Crippen LogP contribution in [0.2, 0.25) is 5.02 Å². The molecule has 1 N–H and O–H groups in total. The number of halogens is 1. The summed E-state index contributed by atoms with van der Waals surface area (Å²) in [5.41, 5.74) is 3.41. The van der Waals surface area contributed by atoms with Gasteiger partial charge in [0.05, 0.1) is 29.2 Å². The summed E-state index contributed by atoms with van der Waals surface area (Å²) in [5, 5.41) is 3.21. The summed E-state index contributed by atoms with van der Waals surface area (Å²) in [5.74, 6) is -0.176. The van der Waals surface area contributed by atoms with Crippen molar-refractivity contribution >= 4 is 40.7 Å². The summed E-state index contributed by atoms with van der Waals surface area (Å²) in [4.78, 5) is 40.1. The number of amides is 3. The van der Waals surface area contributed by atoms with E-state index in [0.29, 0.717) is 29.4 Å². The molecule has 1 aliphatic heterocycles. The van der Waals surface area contributed by atoms with Crippen LogP contribution in [0.4, 0.5) is 11.4 Å². The molecule has 0 radical (unpaired) electrons. The first kappa shape index (κ1) is 31.1. The fraction of sp³-hybridized carbons (Fsp3) is 0.559. The van der Waals surface area contributed by atoms with E-state index in [1.54, 1.807) is 18.2 Å². The van der Waals surface area contributed by atoms with Gasteiger partial charge in [0, 0.05) is 17.7 Å². The highest BCUT2D eigenvalue weighted by Crippen LogP contribution is 2.43.